The van der Waals surface area contributed by atoms with Crippen LogP contribution in [0.25, 0.3) is 0 Å². The number of halogens is 1. The monoisotopic (exact) mass is 403 g/mol. The van der Waals surface area contributed by atoms with E-state index in [0.29, 0.717) is 23.8 Å². The molecule has 1 aromatic carbocycles. The maximum atomic E-state index is 14.9. The van der Waals surface area contributed by atoms with Crippen LogP contribution in [0.5, 0.6) is 11.5 Å². The standard InChI is InChI=1S/C16H22FN3O6S/c1-16(2,23)3-4-18-7-9-5-10-12(26-9)6-11(21)15(14(10)17)20-8-13(22)19-27(20,24)25/h6,9,18,21,23H,3-5,7-8H2,1-2H3,(H,19,22)/t9-/m1/s1. The van der Waals surface area contributed by atoms with E-state index in [-0.39, 0.29) is 17.7 Å². The number of hydrogen-bond donors (Lipinski definition) is 4. The van der Waals surface area contributed by atoms with E-state index in [2.05, 4.69) is 5.32 Å². The van der Waals surface area contributed by atoms with E-state index in [0.717, 1.165) is 6.07 Å². The van der Waals surface area contributed by atoms with Gasteiger partial charge in [-0.25, -0.2) is 13.4 Å². The van der Waals surface area contributed by atoms with Gasteiger partial charge < -0.3 is 20.3 Å². The summed E-state index contributed by atoms with van der Waals surface area (Å²) in [5.74, 6) is -2.22. The number of hydrogen-bond acceptors (Lipinski definition) is 7. The smallest absolute Gasteiger partial charge is 0.326 e. The summed E-state index contributed by atoms with van der Waals surface area (Å²) < 4.78 is 46.7. The number of rotatable bonds is 6. The number of carbonyl (C=O) groups is 1. The fourth-order valence-electron chi connectivity index (χ4n) is 3.04. The number of nitrogens with one attached hydrogen (secondary N) is 2. The SMILES string of the molecule is CC(C)(O)CCNC[C@H]1Cc2c(cc(O)c(N3CC(=O)NS3(=O)=O)c2F)O1. The zero-order valence-electron chi connectivity index (χ0n) is 15.0. The molecule has 2 aliphatic heterocycles. The first kappa shape index (κ1) is 19.6. The fraction of sp³-hybridized carbons (Fsp3) is 0.562. The Morgan fingerprint density at radius 2 is 2.19 bits per heavy atom. The first-order chi connectivity index (χ1) is 12.5. The second kappa shape index (κ2) is 6.80. The highest BCUT2D eigenvalue weighted by molar-refractivity contribution is 7.92. The van der Waals surface area contributed by atoms with E-state index in [1.165, 1.54) is 0 Å². The largest absolute Gasteiger partial charge is 0.505 e. The molecule has 1 saturated heterocycles. The lowest BCUT2D eigenvalue weighted by molar-refractivity contribution is -0.117. The first-order valence-corrected chi connectivity index (χ1v) is 9.89. The summed E-state index contributed by atoms with van der Waals surface area (Å²) in [6.45, 7) is 3.72. The molecule has 0 saturated carbocycles. The Bertz CT molecular complexity index is 868. The van der Waals surface area contributed by atoms with Gasteiger partial charge in [0.05, 0.1) is 5.60 Å². The Morgan fingerprint density at radius 3 is 2.78 bits per heavy atom. The topological polar surface area (TPSA) is 128 Å². The van der Waals surface area contributed by atoms with Crippen molar-refractivity contribution in [2.45, 2.75) is 38.4 Å². The highest BCUT2D eigenvalue weighted by Crippen LogP contribution is 2.43. The molecule has 4 N–H and O–H groups in total. The lowest BCUT2D eigenvalue weighted by Crippen LogP contribution is -2.33. The lowest BCUT2D eigenvalue weighted by atomic mass is 10.1. The number of nitrogens with zero attached hydrogens (tertiary/aromatic N) is 1. The number of carbonyl (C=O) groups excluding carboxylic acids is 1. The molecule has 27 heavy (non-hydrogen) atoms. The van der Waals surface area contributed by atoms with Gasteiger partial charge in [0.25, 0.3) is 5.91 Å². The van der Waals surface area contributed by atoms with Crippen molar-refractivity contribution in [3.8, 4) is 11.5 Å². The molecule has 3 rings (SSSR count). The summed E-state index contributed by atoms with van der Waals surface area (Å²) in [4.78, 5) is 11.4. The summed E-state index contributed by atoms with van der Waals surface area (Å²) in [6.07, 6.45) is 0.305. The number of phenolic OH excluding ortho intramolecular Hbond substituents is 1. The molecule has 2 heterocycles. The average molecular weight is 403 g/mol. The zero-order chi connectivity index (χ0) is 20.0. The van der Waals surface area contributed by atoms with Gasteiger partial charge in [-0.05, 0) is 26.8 Å². The third kappa shape index (κ3) is 4.09. The molecule has 150 valence electrons. The Hall–Kier alpha value is -2.11. The minimum Gasteiger partial charge on any atom is -0.505 e. The van der Waals surface area contributed by atoms with Crippen LogP contribution in [0.2, 0.25) is 0 Å². The van der Waals surface area contributed by atoms with Crippen molar-refractivity contribution in [2.75, 3.05) is 23.9 Å². The van der Waals surface area contributed by atoms with Crippen molar-refractivity contribution >= 4 is 21.8 Å². The third-order valence-electron chi connectivity index (χ3n) is 4.36. The maximum absolute atomic E-state index is 14.9. The summed E-state index contributed by atoms with van der Waals surface area (Å²) in [7, 11) is -4.24. The normalized spacial score (nSPS) is 21.1. The predicted molar refractivity (Wildman–Crippen MR) is 94.4 cm³/mol. The fourth-order valence-corrected chi connectivity index (χ4v) is 4.21. The van der Waals surface area contributed by atoms with Gasteiger partial charge in [0.15, 0.2) is 5.82 Å². The van der Waals surface area contributed by atoms with Crippen molar-refractivity contribution in [1.82, 2.24) is 10.0 Å². The minimum absolute atomic E-state index is 0.138. The van der Waals surface area contributed by atoms with Gasteiger partial charge in [-0.2, -0.15) is 8.42 Å². The van der Waals surface area contributed by atoms with E-state index in [1.54, 1.807) is 18.6 Å². The second-order valence-electron chi connectivity index (χ2n) is 7.28. The van der Waals surface area contributed by atoms with Crippen LogP contribution >= 0.6 is 0 Å². The molecule has 1 aromatic rings. The highest BCUT2D eigenvalue weighted by atomic mass is 32.2. The van der Waals surface area contributed by atoms with Gasteiger partial charge in [-0.15, -0.1) is 0 Å². The number of anilines is 1. The molecule has 1 fully saturated rings. The second-order valence-corrected chi connectivity index (χ2v) is 8.88. The number of benzene rings is 1. The molecule has 2 aliphatic rings. The van der Waals surface area contributed by atoms with E-state index in [9.17, 15) is 27.8 Å². The van der Waals surface area contributed by atoms with Crippen LogP contribution in [-0.4, -0.2) is 55.9 Å². The summed E-state index contributed by atoms with van der Waals surface area (Å²) in [5.41, 5.74) is -1.22. The number of aromatic hydroxyl groups is 1. The lowest BCUT2D eigenvalue weighted by Gasteiger charge is -2.18. The van der Waals surface area contributed by atoms with Crippen molar-refractivity contribution in [3.63, 3.8) is 0 Å². The summed E-state index contributed by atoms with van der Waals surface area (Å²) in [6, 6.07) is 1.16. The molecule has 0 radical (unpaired) electrons. The van der Waals surface area contributed by atoms with Gasteiger partial charge in [-0.1, -0.05) is 0 Å². The molecule has 0 spiro atoms. The maximum Gasteiger partial charge on any atom is 0.326 e. The Kier molecular flexibility index (Phi) is 4.95. The van der Waals surface area contributed by atoms with Crippen LogP contribution in [0.1, 0.15) is 25.8 Å². The van der Waals surface area contributed by atoms with Crippen LogP contribution in [0, 0.1) is 5.82 Å². The highest BCUT2D eigenvalue weighted by Gasteiger charge is 2.40. The Morgan fingerprint density at radius 1 is 1.48 bits per heavy atom. The van der Waals surface area contributed by atoms with Gasteiger partial charge in [-0.3, -0.25) is 4.79 Å². The number of fused-ring (bicyclic) bond motifs is 1. The van der Waals surface area contributed by atoms with Gasteiger partial charge in [0.2, 0.25) is 0 Å². The Balaban J connectivity index is 1.75. The van der Waals surface area contributed by atoms with Crippen LogP contribution in [0.4, 0.5) is 10.1 Å². The van der Waals surface area contributed by atoms with Crippen LogP contribution in [-0.2, 0) is 21.4 Å². The van der Waals surface area contributed by atoms with E-state index in [4.69, 9.17) is 4.74 Å². The predicted octanol–water partition coefficient (Wildman–Crippen LogP) is -0.234. The molecule has 0 aromatic heterocycles. The third-order valence-corrected chi connectivity index (χ3v) is 5.74. The molecule has 1 atom stereocenters. The molecule has 0 unspecified atom stereocenters. The quantitative estimate of drug-likeness (QED) is 0.483. The van der Waals surface area contributed by atoms with Gasteiger partial charge in [0.1, 0.15) is 29.8 Å². The Labute approximate surface area is 156 Å². The number of aliphatic hydroxyl groups is 1. The number of amides is 1. The molecular formula is C16H22FN3O6S. The minimum atomic E-state index is -4.24. The molecular weight excluding hydrogens is 381 g/mol. The number of phenols is 1. The molecule has 9 nitrogen and oxygen atoms in total. The van der Waals surface area contributed by atoms with E-state index >= 15 is 0 Å². The number of ether oxygens (including phenoxy) is 1. The van der Waals surface area contributed by atoms with Gasteiger partial charge >= 0.3 is 10.2 Å². The van der Waals surface area contributed by atoms with E-state index in [1.807, 2.05) is 0 Å². The van der Waals surface area contributed by atoms with Gasteiger partial charge in [0, 0.05) is 24.6 Å². The molecule has 0 aliphatic carbocycles. The van der Waals surface area contributed by atoms with Crippen LogP contribution < -0.4 is 19.1 Å². The molecule has 11 heteroatoms. The molecule has 0 bridgehead atoms. The molecule has 1 amide bonds. The summed E-state index contributed by atoms with van der Waals surface area (Å²) in [5, 5.41) is 22.9. The average Bonchev–Trinajstić information content (AvgIpc) is 3.03. The zero-order valence-corrected chi connectivity index (χ0v) is 15.8. The van der Waals surface area contributed by atoms with Crippen molar-refractivity contribution in [3.05, 3.63) is 17.4 Å². The van der Waals surface area contributed by atoms with Crippen molar-refractivity contribution in [2.24, 2.45) is 0 Å². The summed E-state index contributed by atoms with van der Waals surface area (Å²) >= 11 is 0. The van der Waals surface area contributed by atoms with Crippen molar-refractivity contribution < 1.29 is 32.6 Å². The van der Waals surface area contributed by atoms with Crippen LogP contribution in [0.3, 0.4) is 0 Å². The van der Waals surface area contributed by atoms with Crippen LogP contribution in [0.15, 0.2) is 6.07 Å². The first-order valence-electron chi connectivity index (χ1n) is 8.45. The van der Waals surface area contributed by atoms with Crippen molar-refractivity contribution in [1.29, 1.82) is 0 Å². The van der Waals surface area contributed by atoms with E-state index < -0.39 is 51.6 Å².